The number of hydrogen-bond acceptors (Lipinski definition) is 6. The van der Waals surface area contributed by atoms with Crippen LogP contribution in [0.25, 0.3) is 22.2 Å². The van der Waals surface area contributed by atoms with E-state index in [4.69, 9.17) is 4.74 Å². The van der Waals surface area contributed by atoms with Crippen LogP contribution in [-0.2, 0) is 11.2 Å². The number of morpholine rings is 1. The second-order valence-electron chi connectivity index (χ2n) is 9.16. The Balaban J connectivity index is 1.33. The minimum atomic E-state index is -0.268. The number of nitrogens with one attached hydrogen (secondary N) is 2. The maximum atomic E-state index is 12.9. The SMILES string of the molecule is CCc1c(C)[nH]c2ccc(C(=O)Nc3cncc(-c4ccc(N5C[C@@H](C)O[C@@H](C)C5)nc4)c3)nc12. The van der Waals surface area contributed by atoms with Crippen LogP contribution in [0.2, 0.25) is 0 Å². The second kappa shape index (κ2) is 9.46. The molecule has 180 valence electrons. The van der Waals surface area contributed by atoms with E-state index in [2.05, 4.69) is 50.9 Å². The monoisotopic (exact) mass is 470 g/mol. The molecule has 1 amide bonds. The molecule has 0 unspecified atom stereocenters. The molecule has 1 fully saturated rings. The van der Waals surface area contributed by atoms with Crippen molar-refractivity contribution in [3.8, 4) is 11.1 Å². The fourth-order valence-electron chi connectivity index (χ4n) is 4.77. The number of ether oxygens (including phenoxy) is 1. The van der Waals surface area contributed by atoms with Gasteiger partial charge in [0.25, 0.3) is 5.91 Å². The Morgan fingerprint density at radius 2 is 1.91 bits per heavy atom. The molecule has 5 heterocycles. The highest BCUT2D eigenvalue weighted by atomic mass is 16.5. The highest BCUT2D eigenvalue weighted by Crippen LogP contribution is 2.25. The van der Waals surface area contributed by atoms with E-state index in [-0.39, 0.29) is 18.1 Å². The molecule has 4 aromatic heterocycles. The number of rotatable bonds is 5. The zero-order valence-electron chi connectivity index (χ0n) is 20.5. The predicted molar refractivity (Wildman–Crippen MR) is 138 cm³/mol. The number of aromatic amines is 1. The molecule has 5 rings (SSSR count). The summed E-state index contributed by atoms with van der Waals surface area (Å²) in [6.45, 7) is 9.92. The van der Waals surface area contributed by atoms with Crippen LogP contribution in [0.3, 0.4) is 0 Å². The molecular weight excluding hydrogens is 440 g/mol. The molecule has 0 aliphatic carbocycles. The molecule has 0 bridgehead atoms. The van der Waals surface area contributed by atoms with Crippen molar-refractivity contribution in [2.45, 2.75) is 46.3 Å². The van der Waals surface area contributed by atoms with E-state index < -0.39 is 0 Å². The standard InChI is InChI=1S/C27H30N6O2/c1-5-22-18(4)30-23-7-8-24(32-26(22)23)27(34)31-21-10-20(11-28-13-21)19-6-9-25(29-12-19)33-14-16(2)35-17(3)15-33/h6-13,16-17,30H,5,14-15H2,1-4H3,(H,31,34)/t16-,17+. The molecule has 4 aromatic rings. The van der Waals surface area contributed by atoms with Crippen molar-refractivity contribution >= 4 is 28.4 Å². The summed E-state index contributed by atoms with van der Waals surface area (Å²) in [7, 11) is 0. The third kappa shape index (κ3) is 4.74. The third-order valence-corrected chi connectivity index (χ3v) is 6.36. The van der Waals surface area contributed by atoms with Crippen LogP contribution in [0.4, 0.5) is 11.5 Å². The molecule has 8 heteroatoms. The van der Waals surface area contributed by atoms with Crippen LogP contribution >= 0.6 is 0 Å². The lowest BCUT2D eigenvalue weighted by Gasteiger charge is -2.36. The van der Waals surface area contributed by atoms with E-state index in [1.807, 2.05) is 37.4 Å². The Hall–Kier alpha value is -3.78. The molecule has 0 aromatic carbocycles. The molecule has 1 aliphatic rings. The number of nitrogens with zero attached hydrogens (tertiary/aromatic N) is 4. The van der Waals surface area contributed by atoms with Crippen LogP contribution in [0.5, 0.6) is 0 Å². The van der Waals surface area contributed by atoms with Gasteiger partial charge in [-0.1, -0.05) is 6.92 Å². The zero-order valence-corrected chi connectivity index (χ0v) is 20.5. The summed E-state index contributed by atoms with van der Waals surface area (Å²) in [6.07, 6.45) is 6.46. The first-order valence-electron chi connectivity index (χ1n) is 12.0. The molecular formula is C27H30N6O2. The number of amides is 1. The number of aromatic nitrogens is 4. The van der Waals surface area contributed by atoms with Crippen molar-refractivity contribution < 1.29 is 9.53 Å². The second-order valence-corrected chi connectivity index (χ2v) is 9.16. The highest BCUT2D eigenvalue weighted by Gasteiger charge is 2.23. The van der Waals surface area contributed by atoms with E-state index in [1.165, 1.54) is 0 Å². The molecule has 35 heavy (non-hydrogen) atoms. The van der Waals surface area contributed by atoms with Gasteiger partial charge in [-0.05, 0) is 63.1 Å². The minimum absolute atomic E-state index is 0.176. The molecule has 1 saturated heterocycles. The maximum absolute atomic E-state index is 12.9. The summed E-state index contributed by atoms with van der Waals surface area (Å²) < 4.78 is 5.82. The van der Waals surface area contributed by atoms with Gasteiger partial charge in [0.2, 0.25) is 0 Å². The van der Waals surface area contributed by atoms with Crippen LogP contribution < -0.4 is 10.2 Å². The minimum Gasteiger partial charge on any atom is -0.372 e. The third-order valence-electron chi connectivity index (χ3n) is 6.36. The van der Waals surface area contributed by atoms with Crippen LogP contribution in [0, 0.1) is 6.92 Å². The molecule has 2 atom stereocenters. The number of anilines is 2. The van der Waals surface area contributed by atoms with Crippen molar-refractivity contribution in [1.82, 2.24) is 19.9 Å². The average Bonchev–Trinajstić information content (AvgIpc) is 3.17. The molecule has 1 aliphatic heterocycles. The van der Waals surface area contributed by atoms with Crippen molar-refractivity contribution in [2.75, 3.05) is 23.3 Å². The van der Waals surface area contributed by atoms with Gasteiger partial charge >= 0.3 is 0 Å². The number of aryl methyl sites for hydroxylation is 2. The van der Waals surface area contributed by atoms with Gasteiger partial charge in [0.05, 0.1) is 35.1 Å². The Kier molecular flexibility index (Phi) is 6.21. The van der Waals surface area contributed by atoms with Gasteiger partial charge in [-0.3, -0.25) is 9.78 Å². The van der Waals surface area contributed by atoms with Crippen LogP contribution in [-0.4, -0.2) is 51.1 Å². The smallest absolute Gasteiger partial charge is 0.274 e. The van der Waals surface area contributed by atoms with Gasteiger partial charge in [-0.15, -0.1) is 0 Å². The summed E-state index contributed by atoms with van der Waals surface area (Å²) in [5.74, 6) is 0.664. The van der Waals surface area contributed by atoms with E-state index in [0.717, 1.165) is 58.7 Å². The quantitative estimate of drug-likeness (QED) is 0.437. The van der Waals surface area contributed by atoms with E-state index in [9.17, 15) is 4.79 Å². The predicted octanol–water partition coefficient (Wildman–Crippen LogP) is 4.76. The van der Waals surface area contributed by atoms with Crippen molar-refractivity contribution in [3.05, 3.63) is 65.9 Å². The van der Waals surface area contributed by atoms with E-state index in [0.29, 0.717) is 11.4 Å². The van der Waals surface area contributed by atoms with Crippen molar-refractivity contribution in [2.24, 2.45) is 0 Å². The number of carbonyl (C=O) groups is 1. The van der Waals surface area contributed by atoms with E-state index >= 15 is 0 Å². The summed E-state index contributed by atoms with van der Waals surface area (Å²) >= 11 is 0. The van der Waals surface area contributed by atoms with Crippen molar-refractivity contribution in [3.63, 3.8) is 0 Å². The van der Waals surface area contributed by atoms with Gasteiger partial charge < -0.3 is 19.9 Å². The fourth-order valence-corrected chi connectivity index (χ4v) is 4.77. The van der Waals surface area contributed by atoms with Crippen LogP contribution in [0.1, 0.15) is 42.5 Å². The number of carbonyl (C=O) groups excluding carboxylic acids is 1. The number of hydrogen-bond donors (Lipinski definition) is 2. The molecule has 0 radical (unpaired) electrons. The van der Waals surface area contributed by atoms with Gasteiger partial charge in [0.1, 0.15) is 11.5 Å². The summed E-state index contributed by atoms with van der Waals surface area (Å²) in [5.41, 5.74) is 6.80. The Morgan fingerprint density at radius 3 is 2.63 bits per heavy atom. The molecule has 2 N–H and O–H groups in total. The first-order valence-corrected chi connectivity index (χ1v) is 12.0. The molecule has 0 saturated carbocycles. The van der Waals surface area contributed by atoms with Gasteiger partial charge in [0, 0.05) is 42.3 Å². The molecule has 0 spiro atoms. The average molecular weight is 471 g/mol. The first kappa shape index (κ1) is 23.0. The summed E-state index contributed by atoms with van der Waals surface area (Å²) in [6, 6.07) is 9.60. The lowest BCUT2D eigenvalue weighted by atomic mass is 10.1. The lowest BCUT2D eigenvalue weighted by molar-refractivity contribution is -0.00545. The number of pyridine rings is 3. The number of fused-ring (bicyclic) bond motifs is 1. The Morgan fingerprint density at radius 1 is 1.11 bits per heavy atom. The van der Waals surface area contributed by atoms with Gasteiger partial charge in [-0.25, -0.2) is 9.97 Å². The fraction of sp³-hybridized carbons (Fsp3) is 0.333. The van der Waals surface area contributed by atoms with Crippen molar-refractivity contribution in [1.29, 1.82) is 0 Å². The Bertz CT molecular complexity index is 1350. The first-order chi connectivity index (χ1) is 16.9. The normalized spacial score (nSPS) is 18.1. The molecule has 8 nitrogen and oxygen atoms in total. The Labute approximate surface area is 204 Å². The largest absolute Gasteiger partial charge is 0.372 e. The van der Waals surface area contributed by atoms with Gasteiger partial charge in [-0.2, -0.15) is 0 Å². The van der Waals surface area contributed by atoms with Crippen LogP contribution in [0.15, 0.2) is 48.9 Å². The van der Waals surface area contributed by atoms with E-state index in [1.54, 1.807) is 18.5 Å². The lowest BCUT2D eigenvalue weighted by Crippen LogP contribution is -2.45. The number of H-pyrrole nitrogens is 1. The summed E-state index contributed by atoms with van der Waals surface area (Å²) in [5, 5.41) is 2.93. The van der Waals surface area contributed by atoms with Gasteiger partial charge in [0.15, 0.2) is 0 Å². The maximum Gasteiger partial charge on any atom is 0.274 e. The zero-order chi connectivity index (χ0) is 24.5. The topological polar surface area (TPSA) is 96.0 Å². The summed E-state index contributed by atoms with van der Waals surface area (Å²) in [4.78, 5) is 32.1. The highest BCUT2D eigenvalue weighted by molar-refractivity contribution is 6.04.